The maximum Gasteiger partial charge on any atom is 0.261 e. The quantitative estimate of drug-likeness (QED) is 0.351. The first-order valence-corrected chi connectivity index (χ1v) is 12.2. The molecule has 8 heteroatoms. The average molecular weight is 488 g/mol. The highest BCUT2D eigenvalue weighted by Crippen LogP contribution is 2.31. The molecule has 0 radical (unpaired) electrons. The first kappa shape index (κ1) is 23.1. The molecule has 0 unspecified atom stereocenters. The number of amides is 1. The summed E-state index contributed by atoms with van der Waals surface area (Å²) in [5, 5.41) is 16.4. The Morgan fingerprint density at radius 1 is 0.943 bits per heavy atom. The van der Waals surface area contributed by atoms with Crippen molar-refractivity contribution in [3.63, 3.8) is 0 Å². The zero-order valence-corrected chi connectivity index (χ0v) is 20.3. The third kappa shape index (κ3) is 5.05. The van der Waals surface area contributed by atoms with Crippen LogP contribution in [0, 0.1) is 6.92 Å². The Kier molecular flexibility index (Phi) is 6.77. The van der Waals surface area contributed by atoms with Gasteiger partial charge < -0.3 is 14.7 Å². The van der Waals surface area contributed by atoms with E-state index in [4.69, 9.17) is 16.1 Å². The molecule has 5 rings (SSSR count). The molecule has 1 aliphatic rings. The first-order chi connectivity index (χ1) is 17.1. The van der Waals surface area contributed by atoms with Crippen molar-refractivity contribution in [2.24, 2.45) is 0 Å². The van der Waals surface area contributed by atoms with Gasteiger partial charge >= 0.3 is 0 Å². The molecule has 0 saturated carbocycles. The number of halogens is 1. The lowest BCUT2D eigenvalue weighted by Gasteiger charge is -2.20. The monoisotopic (exact) mass is 487 g/mol. The fourth-order valence-electron chi connectivity index (χ4n) is 4.34. The minimum absolute atomic E-state index is 0.312. The maximum atomic E-state index is 13.1. The summed E-state index contributed by atoms with van der Waals surface area (Å²) in [4.78, 5) is 15.4. The number of hydrogen-bond donors (Lipinski definition) is 1. The molecule has 0 spiro atoms. The molecular formula is C27H26ClN5O2. The number of nitrogens with one attached hydrogen (secondary N) is 1. The molecule has 3 heterocycles. The number of rotatable bonds is 5. The van der Waals surface area contributed by atoms with Gasteiger partial charge in [-0.2, -0.15) is 0 Å². The van der Waals surface area contributed by atoms with Crippen molar-refractivity contribution < 1.29 is 9.32 Å². The number of carbonyl (C=O) groups excluding carboxylic acids is 1. The highest BCUT2D eigenvalue weighted by atomic mass is 35.5. The van der Waals surface area contributed by atoms with Crippen molar-refractivity contribution >= 4 is 29.0 Å². The third-order valence-electron chi connectivity index (χ3n) is 6.24. The summed E-state index contributed by atoms with van der Waals surface area (Å²) in [5.41, 5.74) is 3.79. The summed E-state index contributed by atoms with van der Waals surface area (Å²) >= 11 is 6.31. The molecule has 1 N–H and O–H groups in total. The van der Waals surface area contributed by atoms with Crippen LogP contribution in [-0.4, -0.2) is 34.4 Å². The summed E-state index contributed by atoms with van der Waals surface area (Å²) in [6, 6.07) is 18.8. The van der Waals surface area contributed by atoms with Gasteiger partial charge in [0.15, 0.2) is 5.82 Å². The Labute approximate surface area is 209 Å². The van der Waals surface area contributed by atoms with Crippen molar-refractivity contribution in [2.75, 3.05) is 23.3 Å². The van der Waals surface area contributed by atoms with Gasteiger partial charge in [0.25, 0.3) is 5.91 Å². The number of benzene rings is 2. The number of carbonyl (C=O) groups is 1. The first-order valence-electron chi connectivity index (χ1n) is 11.8. The van der Waals surface area contributed by atoms with Crippen LogP contribution in [0.1, 0.15) is 41.8 Å². The van der Waals surface area contributed by atoms with Crippen LogP contribution in [0.2, 0.25) is 5.02 Å². The second-order valence-corrected chi connectivity index (χ2v) is 9.06. The standard InChI is InChI=1S/C27H26ClN5O2/c1-18-25(26(32-35-18)21-8-4-5-9-22(21)28)27(34)29-20-12-10-19(11-13-20)23-14-15-24(31-30-23)33-16-6-2-3-7-17-33/h4-5,8-15H,2-3,6-7,16-17H2,1H3,(H,29,34). The molecular weight excluding hydrogens is 462 g/mol. The highest BCUT2D eigenvalue weighted by Gasteiger charge is 2.23. The van der Waals surface area contributed by atoms with Gasteiger partial charge in [-0.05, 0) is 50.1 Å². The van der Waals surface area contributed by atoms with Crippen LogP contribution in [0.5, 0.6) is 0 Å². The van der Waals surface area contributed by atoms with E-state index < -0.39 is 0 Å². The van der Waals surface area contributed by atoms with Gasteiger partial charge in [-0.1, -0.05) is 59.9 Å². The second-order valence-electron chi connectivity index (χ2n) is 8.65. The largest absolute Gasteiger partial charge is 0.360 e. The maximum absolute atomic E-state index is 13.1. The number of nitrogens with zero attached hydrogens (tertiary/aromatic N) is 4. The predicted molar refractivity (Wildman–Crippen MR) is 138 cm³/mol. The number of aromatic nitrogens is 3. The molecule has 178 valence electrons. The minimum atomic E-state index is -0.312. The van der Waals surface area contributed by atoms with E-state index in [0.717, 1.165) is 30.2 Å². The third-order valence-corrected chi connectivity index (χ3v) is 6.57. The molecule has 1 amide bonds. The minimum Gasteiger partial charge on any atom is -0.360 e. The van der Waals surface area contributed by atoms with E-state index in [1.54, 1.807) is 13.0 Å². The summed E-state index contributed by atoms with van der Waals surface area (Å²) in [6.45, 7) is 3.78. The molecule has 7 nitrogen and oxygen atoms in total. The van der Waals surface area contributed by atoms with Gasteiger partial charge in [0.1, 0.15) is 17.0 Å². The molecule has 4 aromatic rings. The van der Waals surface area contributed by atoms with Gasteiger partial charge in [-0.15, -0.1) is 10.2 Å². The van der Waals surface area contributed by atoms with Crippen molar-refractivity contribution in [1.29, 1.82) is 0 Å². The van der Waals surface area contributed by atoms with E-state index in [9.17, 15) is 4.79 Å². The molecule has 0 atom stereocenters. The molecule has 1 fully saturated rings. The number of anilines is 2. The van der Waals surface area contributed by atoms with Crippen LogP contribution in [-0.2, 0) is 0 Å². The average Bonchev–Trinajstić information content (AvgIpc) is 3.07. The smallest absolute Gasteiger partial charge is 0.261 e. The van der Waals surface area contributed by atoms with Crippen LogP contribution in [0.25, 0.3) is 22.5 Å². The van der Waals surface area contributed by atoms with Crippen LogP contribution < -0.4 is 10.2 Å². The summed E-state index contributed by atoms with van der Waals surface area (Å²) in [6.07, 6.45) is 4.96. The van der Waals surface area contributed by atoms with E-state index >= 15 is 0 Å². The lowest BCUT2D eigenvalue weighted by molar-refractivity contribution is 0.102. The molecule has 1 aliphatic heterocycles. The van der Waals surface area contributed by atoms with Crippen LogP contribution >= 0.6 is 11.6 Å². The van der Waals surface area contributed by atoms with Crippen molar-refractivity contribution in [2.45, 2.75) is 32.6 Å². The summed E-state index contributed by atoms with van der Waals surface area (Å²) in [7, 11) is 0. The topological polar surface area (TPSA) is 84.2 Å². The van der Waals surface area contributed by atoms with E-state index in [-0.39, 0.29) is 5.91 Å². The molecule has 2 aromatic heterocycles. The van der Waals surface area contributed by atoms with E-state index in [2.05, 4.69) is 25.6 Å². The Morgan fingerprint density at radius 3 is 2.37 bits per heavy atom. The van der Waals surface area contributed by atoms with Crippen LogP contribution in [0.15, 0.2) is 65.2 Å². The molecule has 1 saturated heterocycles. The zero-order chi connectivity index (χ0) is 24.2. The predicted octanol–water partition coefficient (Wildman–Crippen LogP) is 6.39. The fourth-order valence-corrected chi connectivity index (χ4v) is 4.57. The number of hydrogen-bond acceptors (Lipinski definition) is 6. The zero-order valence-electron chi connectivity index (χ0n) is 19.5. The normalized spacial score (nSPS) is 13.9. The van der Waals surface area contributed by atoms with E-state index in [1.165, 1.54) is 25.7 Å². The Morgan fingerprint density at radius 2 is 1.69 bits per heavy atom. The van der Waals surface area contributed by atoms with Gasteiger partial charge in [0, 0.05) is 29.9 Å². The van der Waals surface area contributed by atoms with Crippen molar-refractivity contribution in [3.05, 3.63) is 77.0 Å². The SMILES string of the molecule is Cc1onc(-c2ccccc2Cl)c1C(=O)Nc1ccc(-c2ccc(N3CCCCCC3)nn2)cc1. The number of aryl methyl sites for hydroxylation is 1. The van der Waals surface area contributed by atoms with Crippen LogP contribution in [0.3, 0.4) is 0 Å². The van der Waals surface area contributed by atoms with Crippen LogP contribution in [0.4, 0.5) is 11.5 Å². The lowest BCUT2D eigenvalue weighted by atomic mass is 10.1. The van der Waals surface area contributed by atoms with Gasteiger partial charge in [0.2, 0.25) is 0 Å². The summed E-state index contributed by atoms with van der Waals surface area (Å²) < 4.78 is 5.31. The van der Waals surface area contributed by atoms with Crippen molar-refractivity contribution in [3.8, 4) is 22.5 Å². The van der Waals surface area contributed by atoms with Crippen molar-refractivity contribution in [1.82, 2.24) is 15.4 Å². The molecule has 35 heavy (non-hydrogen) atoms. The Bertz CT molecular complexity index is 1310. The van der Waals surface area contributed by atoms with E-state index in [0.29, 0.717) is 33.3 Å². The highest BCUT2D eigenvalue weighted by molar-refractivity contribution is 6.33. The second kappa shape index (κ2) is 10.3. The van der Waals surface area contributed by atoms with E-state index in [1.807, 2.05) is 54.6 Å². The van der Waals surface area contributed by atoms with Gasteiger partial charge in [-0.3, -0.25) is 4.79 Å². The molecule has 0 bridgehead atoms. The Hall–Kier alpha value is -3.71. The summed E-state index contributed by atoms with van der Waals surface area (Å²) in [5.74, 6) is 1.04. The van der Waals surface area contributed by atoms with Gasteiger partial charge in [0.05, 0.1) is 10.7 Å². The fraction of sp³-hybridized carbons (Fsp3) is 0.259. The Balaban J connectivity index is 1.30. The molecule has 2 aromatic carbocycles. The lowest BCUT2D eigenvalue weighted by Crippen LogP contribution is -2.25. The molecule has 0 aliphatic carbocycles. The van der Waals surface area contributed by atoms with Gasteiger partial charge in [-0.25, -0.2) is 0 Å².